The number of fused-ring (bicyclic) bond motifs is 2. The van der Waals surface area contributed by atoms with Gasteiger partial charge in [0.15, 0.2) is 5.83 Å². The molecule has 1 aliphatic carbocycles. The SMILES string of the molecule is C=C(F)C(=O)N1CCN(C2=C(CC#N)C(OCC3CCCN3C)=NC3C=C(c4cccc5ccc(F)c(Cl)c45)C(Cl)=CC23)CC1CC#N. The number of aliphatic imine (C=N–C) groups is 1. The van der Waals surface area contributed by atoms with Crippen LogP contribution in [0.4, 0.5) is 8.78 Å². The van der Waals surface area contributed by atoms with Crippen LogP contribution < -0.4 is 0 Å². The van der Waals surface area contributed by atoms with Crippen LogP contribution >= 0.6 is 23.2 Å². The minimum atomic E-state index is -1.08. The Morgan fingerprint density at radius 1 is 1.12 bits per heavy atom. The lowest BCUT2D eigenvalue weighted by Crippen LogP contribution is -2.56. The number of halogens is 4. The van der Waals surface area contributed by atoms with Gasteiger partial charge in [-0.25, -0.2) is 13.8 Å². The molecule has 2 fully saturated rings. The maximum Gasteiger partial charge on any atom is 0.282 e. The van der Waals surface area contributed by atoms with E-state index >= 15 is 0 Å². The third kappa shape index (κ3) is 6.33. The van der Waals surface area contributed by atoms with E-state index in [1.165, 1.54) is 11.0 Å². The third-order valence-electron chi connectivity index (χ3n) is 9.65. The first-order valence-electron chi connectivity index (χ1n) is 15.9. The van der Waals surface area contributed by atoms with Crippen molar-refractivity contribution in [3.63, 3.8) is 0 Å². The molecule has 4 atom stereocenters. The van der Waals surface area contributed by atoms with Crippen LogP contribution in [0.5, 0.6) is 0 Å². The average molecular weight is 692 g/mol. The fourth-order valence-electron chi connectivity index (χ4n) is 7.25. The lowest BCUT2D eigenvalue weighted by atomic mass is 9.81. The van der Waals surface area contributed by atoms with Gasteiger partial charge in [-0.3, -0.25) is 4.79 Å². The highest BCUT2D eigenvalue weighted by Gasteiger charge is 2.41. The van der Waals surface area contributed by atoms with Gasteiger partial charge in [0.05, 0.1) is 42.1 Å². The van der Waals surface area contributed by atoms with Crippen LogP contribution in [0.3, 0.4) is 0 Å². The molecule has 6 rings (SSSR count). The quantitative estimate of drug-likeness (QED) is 0.299. The largest absolute Gasteiger partial charge is 0.476 e. The number of hydrogen-bond acceptors (Lipinski definition) is 7. The minimum absolute atomic E-state index is 0.00147. The Morgan fingerprint density at radius 2 is 1.94 bits per heavy atom. The number of rotatable bonds is 7. The first-order chi connectivity index (χ1) is 23.1. The summed E-state index contributed by atoms with van der Waals surface area (Å²) in [6.07, 6.45) is 5.83. The van der Waals surface area contributed by atoms with E-state index in [0.717, 1.165) is 30.5 Å². The van der Waals surface area contributed by atoms with Gasteiger partial charge in [-0.15, -0.1) is 0 Å². The van der Waals surface area contributed by atoms with Gasteiger partial charge in [-0.05, 0) is 55.1 Å². The summed E-state index contributed by atoms with van der Waals surface area (Å²) in [5, 5.41) is 21.3. The van der Waals surface area contributed by atoms with Crippen LogP contribution in [0, 0.1) is 34.4 Å². The van der Waals surface area contributed by atoms with Gasteiger partial charge in [0.25, 0.3) is 5.91 Å². The molecular weight excluding hydrogens is 657 g/mol. The summed E-state index contributed by atoms with van der Waals surface area (Å²) in [6, 6.07) is 12.0. The highest BCUT2D eigenvalue weighted by molar-refractivity contribution is 6.40. The number of ether oxygens (including phenoxy) is 1. The molecule has 0 bridgehead atoms. The molecular formula is C36H34Cl2F2N6O2. The van der Waals surface area contributed by atoms with Crippen molar-refractivity contribution in [1.82, 2.24) is 14.7 Å². The van der Waals surface area contributed by atoms with E-state index in [1.54, 1.807) is 6.07 Å². The summed E-state index contributed by atoms with van der Waals surface area (Å²) >= 11 is 13.6. The summed E-state index contributed by atoms with van der Waals surface area (Å²) in [4.78, 5) is 23.4. The summed E-state index contributed by atoms with van der Waals surface area (Å²) in [6.45, 7) is 5.20. The van der Waals surface area contributed by atoms with Crippen molar-refractivity contribution < 1.29 is 18.3 Å². The fraction of sp³-hybridized carbons (Fsp3) is 0.389. The van der Waals surface area contributed by atoms with E-state index < -0.39 is 35.6 Å². The average Bonchev–Trinajstić information content (AvgIpc) is 3.49. The lowest BCUT2D eigenvalue weighted by Gasteiger charge is -2.46. The standard InChI is InChI=1S/C36H34Cl2F2N6O2/c1-21(39)36(47)46-16-15-45(19-23(46)10-12-41)34-26(11-13-42)35(48-20-24-6-4-14-44(24)2)43-31-18-27(29(37)17-28(31)34)25-7-3-5-22-8-9-30(40)33(38)32(22)25/h3,5,7-9,17-18,23-24,28,31H,1,4,6,10-11,14-16,19-20H2,2H3. The van der Waals surface area contributed by atoms with Crippen LogP contribution in [0.1, 0.15) is 31.2 Å². The Kier molecular flexibility index (Phi) is 9.89. The molecule has 4 aliphatic rings. The summed E-state index contributed by atoms with van der Waals surface area (Å²) in [7, 11) is 2.06. The molecule has 12 heteroatoms. The summed E-state index contributed by atoms with van der Waals surface area (Å²) in [5.74, 6) is -2.53. The first kappa shape index (κ1) is 33.7. The highest BCUT2D eigenvalue weighted by atomic mass is 35.5. The van der Waals surface area contributed by atoms with Crippen molar-refractivity contribution >= 4 is 51.4 Å². The Hall–Kier alpha value is -4.22. The molecule has 3 aliphatic heterocycles. The zero-order valence-electron chi connectivity index (χ0n) is 26.4. The predicted molar refractivity (Wildman–Crippen MR) is 182 cm³/mol. The number of benzene rings is 2. The van der Waals surface area contributed by atoms with Crippen LogP contribution in [-0.2, 0) is 9.53 Å². The summed E-state index contributed by atoms with van der Waals surface area (Å²) < 4.78 is 35.1. The number of likely N-dealkylation sites (tertiary alicyclic amines) is 1. The summed E-state index contributed by atoms with van der Waals surface area (Å²) in [5.41, 5.74) is 2.66. The molecule has 1 amide bonds. The molecule has 2 aromatic carbocycles. The van der Waals surface area contributed by atoms with Crippen molar-refractivity contribution in [3.05, 3.63) is 87.6 Å². The molecule has 2 saturated heterocycles. The Bertz CT molecular complexity index is 1880. The number of nitrogens with zero attached hydrogens (tertiary/aromatic N) is 6. The van der Waals surface area contributed by atoms with E-state index in [9.17, 15) is 24.1 Å². The van der Waals surface area contributed by atoms with Gasteiger partial charge in [0, 0.05) is 53.3 Å². The number of piperazine rings is 1. The first-order valence-corrected chi connectivity index (χ1v) is 16.6. The van der Waals surface area contributed by atoms with E-state index in [2.05, 4.69) is 30.7 Å². The highest BCUT2D eigenvalue weighted by Crippen LogP contribution is 2.45. The topological polar surface area (TPSA) is 96.0 Å². The van der Waals surface area contributed by atoms with Crippen molar-refractivity contribution in [2.75, 3.05) is 39.8 Å². The van der Waals surface area contributed by atoms with Gasteiger partial charge in [0.1, 0.15) is 12.4 Å². The van der Waals surface area contributed by atoms with Crippen LogP contribution in [0.25, 0.3) is 16.3 Å². The van der Waals surface area contributed by atoms with Crippen molar-refractivity contribution in [2.24, 2.45) is 10.9 Å². The van der Waals surface area contributed by atoms with E-state index in [0.29, 0.717) is 46.2 Å². The molecule has 0 spiro atoms. The molecule has 0 N–H and O–H groups in total. The third-order valence-corrected chi connectivity index (χ3v) is 10.3. The number of carbonyl (C=O) groups excluding carboxylic acids is 1. The van der Waals surface area contributed by atoms with Crippen LogP contribution in [-0.4, -0.2) is 84.5 Å². The molecule has 0 saturated carbocycles. The smallest absolute Gasteiger partial charge is 0.282 e. The molecule has 3 heterocycles. The lowest BCUT2D eigenvalue weighted by molar-refractivity contribution is -0.133. The van der Waals surface area contributed by atoms with Crippen LogP contribution in [0.15, 0.2) is 76.2 Å². The van der Waals surface area contributed by atoms with Crippen molar-refractivity contribution in [1.29, 1.82) is 10.5 Å². The zero-order chi connectivity index (χ0) is 34.1. The number of carbonyl (C=O) groups is 1. The van der Waals surface area contributed by atoms with E-state index in [1.807, 2.05) is 35.3 Å². The number of amides is 1. The second kappa shape index (κ2) is 14.1. The monoisotopic (exact) mass is 690 g/mol. The molecule has 48 heavy (non-hydrogen) atoms. The maximum absolute atomic E-state index is 14.7. The van der Waals surface area contributed by atoms with Crippen molar-refractivity contribution in [3.8, 4) is 12.1 Å². The Morgan fingerprint density at radius 3 is 2.65 bits per heavy atom. The van der Waals surface area contributed by atoms with Gasteiger partial charge < -0.3 is 19.4 Å². The van der Waals surface area contributed by atoms with Crippen molar-refractivity contribution in [2.45, 2.75) is 43.8 Å². The number of nitriles is 2. The van der Waals surface area contributed by atoms with Gasteiger partial charge in [-0.2, -0.15) is 10.5 Å². The Balaban J connectivity index is 1.45. The zero-order valence-corrected chi connectivity index (χ0v) is 27.9. The molecule has 0 aromatic heterocycles. The second-order valence-corrected chi connectivity index (χ2v) is 13.2. The van der Waals surface area contributed by atoms with Gasteiger partial charge in [-0.1, -0.05) is 60.1 Å². The second-order valence-electron chi connectivity index (χ2n) is 12.5. The minimum Gasteiger partial charge on any atom is -0.476 e. The molecule has 248 valence electrons. The number of dihydropyridines is 1. The molecule has 8 nitrogen and oxygen atoms in total. The predicted octanol–water partition coefficient (Wildman–Crippen LogP) is 6.74. The number of likely N-dealkylation sites (N-methyl/N-ethyl adjacent to an activating group) is 1. The van der Waals surface area contributed by atoms with Gasteiger partial charge in [0.2, 0.25) is 5.90 Å². The Labute approximate surface area is 288 Å². The molecule has 2 aromatic rings. The number of hydrogen-bond donors (Lipinski definition) is 0. The normalized spacial score (nSPS) is 24.4. The molecule has 0 radical (unpaired) electrons. The molecule has 4 unspecified atom stereocenters. The van der Waals surface area contributed by atoms with Crippen LogP contribution in [0.2, 0.25) is 5.02 Å². The maximum atomic E-state index is 14.7. The van der Waals surface area contributed by atoms with E-state index in [4.69, 9.17) is 32.9 Å². The fourth-order valence-corrected chi connectivity index (χ4v) is 7.82. The van der Waals surface area contributed by atoms with Gasteiger partial charge >= 0.3 is 0 Å². The van der Waals surface area contributed by atoms with E-state index in [-0.39, 0.29) is 37.0 Å². The number of allylic oxidation sites excluding steroid dienone is 2.